The number of ether oxygens (including phenoxy) is 1. The molecule has 2 aromatic carbocycles. The number of anilines is 1. The molecule has 0 saturated heterocycles. The molecule has 0 bridgehead atoms. The monoisotopic (exact) mass is 405 g/mol. The summed E-state index contributed by atoms with van der Waals surface area (Å²) >= 11 is 0. The van der Waals surface area contributed by atoms with E-state index < -0.39 is 18.0 Å². The molecule has 154 valence electrons. The first kappa shape index (κ1) is 19.7. The molecular weight excluding hydrogens is 382 g/mol. The number of benzene rings is 2. The number of amides is 3. The molecule has 3 amide bonds. The standard InChI is InChI=1S/C23H23N3O4/c1-13-4-6-16(7-5-13)21-20-18(12-30-22(20)28)26(23(29)25-21)11-19(27)24-17-9-14(2)8-15(3)10-17/h4-10,21H,11-12H2,1-3H3,(H,24,27)(H,25,29). The molecule has 1 unspecified atom stereocenters. The number of esters is 1. The minimum absolute atomic E-state index is 0.0270. The zero-order chi connectivity index (χ0) is 21.4. The number of cyclic esters (lactones) is 1. The molecule has 2 aromatic rings. The van der Waals surface area contributed by atoms with Gasteiger partial charge in [0.15, 0.2) is 0 Å². The quantitative estimate of drug-likeness (QED) is 0.765. The van der Waals surface area contributed by atoms with Crippen LogP contribution in [0, 0.1) is 20.8 Å². The zero-order valence-electron chi connectivity index (χ0n) is 17.1. The minimum atomic E-state index is -0.596. The van der Waals surface area contributed by atoms with Crippen molar-refractivity contribution >= 4 is 23.6 Å². The first-order chi connectivity index (χ1) is 14.3. The lowest BCUT2D eigenvalue weighted by atomic mass is 9.95. The Balaban J connectivity index is 1.59. The van der Waals surface area contributed by atoms with Crippen LogP contribution in [-0.2, 0) is 14.3 Å². The van der Waals surface area contributed by atoms with Crippen LogP contribution < -0.4 is 10.6 Å². The van der Waals surface area contributed by atoms with Gasteiger partial charge >= 0.3 is 12.0 Å². The van der Waals surface area contributed by atoms with Crippen LogP contribution in [0.4, 0.5) is 10.5 Å². The van der Waals surface area contributed by atoms with Gasteiger partial charge in [0.1, 0.15) is 13.2 Å². The Morgan fingerprint density at radius 3 is 2.40 bits per heavy atom. The van der Waals surface area contributed by atoms with E-state index in [1.54, 1.807) is 0 Å². The predicted octanol–water partition coefficient (Wildman–Crippen LogP) is 3.13. The van der Waals surface area contributed by atoms with Crippen molar-refractivity contribution in [1.82, 2.24) is 10.2 Å². The summed E-state index contributed by atoms with van der Waals surface area (Å²) in [7, 11) is 0. The van der Waals surface area contributed by atoms with Gasteiger partial charge in [-0.05, 0) is 49.6 Å². The van der Waals surface area contributed by atoms with E-state index in [0.717, 1.165) is 22.3 Å². The number of hydrogen-bond donors (Lipinski definition) is 2. The molecule has 0 aromatic heterocycles. The van der Waals surface area contributed by atoms with Gasteiger partial charge in [-0.1, -0.05) is 35.9 Å². The summed E-state index contributed by atoms with van der Waals surface area (Å²) in [4.78, 5) is 39.1. The summed E-state index contributed by atoms with van der Waals surface area (Å²) < 4.78 is 5.21. The van der Waals surface area contributed by atoms with Gasteiger partial charge in [-0.2, -0.15) is 0 Å². The van der Waals surface area contributed by atoms with Crippen molar-refractivity contribution in [3.05, 3.63) is 76.0 Å². The number of aryl methyl sites for hydroxylation is 3. The second-order valence-corrected chi connectivity index (χ2v) is 7.74. The third kappa shape index (κ3) is 3.78. The number of urea groups is 1. The number of rotatable bonds is 4. The molecule has 1 atom stereocenters. The Labute approximate surface area is 174 Å². The first-order valence-corrected chi connectivity index (χ1v) is 9.75. The molecule has 7 nitrogen and oxygen atoms in total. The molecule has 2 aliphatic heterocycles. The molecule has 0 spiro atoms. The maximum Gasteiger partial charge on any atom is 0.338 e. The van der Waals surface area contributed by atoms with Crippen LogP contribution in [0.25, 0.3) is 0 Å². The van der Waals surface area contributed by atoms with Gasteiger partial charge in [0, 0.05) is 5.69 Å². The van der Waals surface area contributed by atoms with Gasteiger partial charge in [-0.3, -0.25) is 9.69 Å². The molecule has 0 radical (unpaired) electrons. The average Bonchev–Trinajstić information content (AvgIpc) is 3.05. The summed E-state index contributed by atoms with van der Waals surface area (Å²) in [5.74, 6) is -0.828. The molecule has 2 N–H and O–H groups in total. The van der Waals surface area contributed by atoms with Gasteiger partial charge in [0.25, 0.3) is 0 Å². The van der Waals surface area contributed by atoms with Crippen molar-refractivity contribution in [2.24, 2.45) is 0 Å². The molecule has 7 heteroatoms. The normalized spacial score (nSPS) is 18.1. The van der Waals surface area contributed by atoms with Crippen molar-refractivity contribution in [2.45, 2.75) is 26.8 Å². The Morgan fingerprint density at radius 1 is 1.07 bits per heavy atom. The fraction of sp³-hybridized carbons (Fsp3) is 0.261. The zero-order valence-corrected chi connectivity index (χ0v) is 17.1. The SMILES string of the molecule is Cc1ccc(C2NC(=O)N(CC(=O)Nc3cc(C)cc(C)c3)C3=C2C(=O)OC3)cc1. The number of hydrogen-bond acceptors (Lipinski definition) is 4. The van der Waals surface area contributed by atoms with Crippen LogP contribution >= 0.6 is 0 Å². The highest BCUT2D eigenvalue weighted by molar-refractivity contribution is 6.00. The van der Waals surface area contributed by atoms with Crippen molar-refractivity contribution < 1.29 is 19.1 Å². The highest BCUT2D eigenvalue weighted by Gasteiger charge is 2.42. The number of carbonyl (C=O) groups is 3. The third-order valence-corrected chi connectivity index (χ3v) is 5.22. The maximum absolute atomic E-state index is 12.8. The van der Waals surface area contributed by atoms with Crippen LogP contribution in [0.2, 0.25) is 0 Å². The largest absolute Gasteiger partial charge is 0.456 e. The summed E-state index contributed by atoms with van der Waals surface area (Å²) in [6.07, 6.45) is 0. The maximum atomic E-state index is 12.8. The van der Waals surface area contributed by atoms with Crippen molar-refractivity contribution in [3.8, 4) is 0 Å². The van der Waals surface area contributed by atoms with E-state index >= 15 is 0 Å². The van der Waals surface area contributed by atoms with Crippen molar-refractivity contribution in [3.63, 3.8) is 0 Å². The van der Waals surface area contributed by atoms with Crippen LogP contribution in [0.5, 0.6) is 0 Å². The molecule has 4 rings (SSSR count). The smallest absolute Gasteiger partial charge is 0.338 e. The topological polar surface area (TPSA) is 87.7 Å². The number of nitrogens with one attached hydrogen (secondary N) is 2. The van der Waals surface area contributed by atoms with Crippen LogP contribution in [0.3, 0.4) is 0 Å². The highest BCUT2D eigenvalue weighted by atomic mass is 16.5. The lowest BCUT2D eigenvalue weighted by molar-refractivity contribution is -0.136. The van der Waals surface area contributed by atoms with E-state index in [4.69, 9.17) is 4.74 Å². The van der Waals surface area contributed by atoms with E-state index in [-0.39, 0.29) is 19.1 Å². The van der Waals surface area contributed by atoms with E-state index in [2.05, 4.69) is 10.6 Å². The van der Waals surface area contributed by atoms with Crippen molar-refractivity contribution in [2.75, 3.05) is 18.5 Å². The lowest BCUT2D eigenvalue weighted by Gasteiger charge is -2.32. The Hall–Kier alpha value is -3.61. The Bertz CT molecular complexity index is 1050. The van der Waals surface area contributed by atoms with Gasteiger partial charge in [-0.25, -0.2) is 9.59 Å². The van der Waals surface area contributed by atoms with Gasteiger partial charge < -0.3 is 15.4 Å². The lowest BCUT2D eigenvalue weighted by Crippen LogP contribution is -2.49. The van der Waals surface area contributed by atoms with E-state index in [9.17, 15) is 14.4 Å². The van der Waals surface area contributed by atoms with Gasteiger partial charge in [0.2, 0.25) is 5.91 Å². The van der Waals surface area contributed by atoms with Crippen molar-refractivity contribution in [1.29, 1.82) is 0 Å². The van der Waals surface area contributed by atoms with Crippen LogP contribution in [-0.4, -0.2) is 36.0 Å². The molecular formula is C23H23N3O4. The number of nitrogens with zero attached hydrogens (tertiary/aromatic N) is 1. The van der Waals surface area contributed by atoms with E-state index in [0.29, 0.717) is 17.0 Å². The fourth-order valence-electron chi connectivity index (χ4n) is 3.88. The van der Waals surface area contributed by atoms with E-state index in [1.165, 1.54) is 4.90 Å². The van der Waals surface area contributed by atoms with Crippen LogP contribution in [0.15, 0.2) is 53.7 Å². The molecule has 0 saturated carbocycles. The van der Waals surface area contributed by atoms with Gasteiger partial charge in [-0.15, -0.1) is 0 Å². The molecule has 2 aliphatic rings. The third-order valence-electron chi connectivity index (χ3n) is 5.22. The Kier molecular flexibility index (Phi) is 5.03. The molecule has 2 heterocycles. The minimum Gasteiger partial charge on any atom is -0.456 e. The fourth-order valence-corrected chi connectivity index (χ4v) is 3.88. The molecule has 0 aliphatic carbocycles. The summed E-state index contributed by atoms with van der Waals surface area (Å²) in [5, 5.41) is 5.66. The molecule has 30 heavy (non-hydrogen) atoms. The van der Waals surface area contributed by atoms with Gasteiger partial charge in [0.05, 0.1) is 17.3 Å². The summed E-state index contributed by atoms with van der Waals surface area (Å²) in [5.41, 5.74) is 5.40. The van der Waals surface area contributed by atoms with Crippen LogP contribution in [0.1, 0.15) is 28.3 Å². The summed E-state index contributed by atoms with van der Waals surface area (Å²) in [6, 6.07) is 12.3. The summed E-state index contributed by atoms with van der Waals surface area (Å²) in [6.45, 7) is 5.62. The second kappa shape index (κ2) is 7.67. The first-order valence-electron chi connectivity index (χ1n) is 9.75. The highest BCUT2D eigenvalue weighted by Crippen LogP contribution is 2.35. The predicted molar refractivity (Wildman–Crippen MR) is 112 cm³/mol. The average molecular weight is 405 g/mol. The second-order valence-electron chi connectivity index (χ2n) is 7.74. The van der Waals surface area contributed by atoms with E-state index in [1.807, 2.05) is 63.2 Å². The number of carbonyl (C=O) groups excluding carboxylic acids is 3. The molecule has 0 fully saturated rings. The Morgan fingerprint density at radius 2 is 1.73 bits per heavy atom.